The van der Waals surface area contributed by atoms with Gasteiger partial charge in [0.15, 0.2) is 0 Å². The van der Waals surface area contributed by atoms with Gasteiger partial charge in [-0.1, -0.05) is 6.07 Å². The molecule has 0 aromatic heterocycles. The van der Waals surface area contributed by atoms with Crippen molar-refractivity contribution in [3.05, 3.63) is 28.8 Å². The van der Waals surface area contributed by atoms with Gasteiger partial charge in [0, 0.05) is 23.8 Å². The van der Waals surface area contributed by atoms with Gasteiger partial charge in [-0.15, -0.1) is 0 Å². The van der Waals surface area contributed by atoms with Crippen LogP contribution in [0.15, 0.2) is 12.1 Å². The van der Waals surface area contributed by atoms with E-state index in [0.717, 1.165) is 30.5 Å². The van der Waals surface area contributed by atoms with Gasteiger partial charge >= 0.3 is 0 Å². The van der Waals surface area contributed by atoms with Crippen molar-refractivity contribution in [2.24, 2.45) is 0 Å². The Morgan fingerprint density at radius 1 is 1.24 bits per heavy atom. The first-order valence-corrected chi connectivity index (χ1v) is 7.68. The van der Waals surface area contributed by atoms with Crippen LogP contribution in [0.25, 0.3) is 0 Å². The van der Waals surface area contributed by atoms with E-state index in [1.807, 2.05) is 19.9 Å². The topological polar surface area (TPSA) is 58.4 Å². The monoisotopic (exact) mass is 291 g/mol. The van der Waals surface area contributed by atoms with Crippen LogP contribution in [0.2, 0.25) is 0 Å². The minimum Gasteiger partial charge on any atom is -0.398 e. The van der Waals surface area contributed by atoms with Gasteiger partial charge in [0.1, 0.15) is 0 Å². The fourth-order valence-electron chi connectivity index (χ4n) is 2.16. The van der Waals surface area contributed by atoms with Crippen molar-refractivity contribution in [3.8, 4) is 0 Å². The highest BCUT2D eigenvalue weighted by molar-refractivity contribution is 5.96. The maximum Gasteiger partial charge on any atom is 0.251 e. The normalized spacial score (nSPS) is 11.2. The molecule has 0 spiro atoms. The van der Waals surface area contributed by atoms with Crippen molar-refractivity contribution in [2.75, 3.05) is 25.9 Å². The molecule has 1 rings (SSSR count). The van der Waals surface area contributed by atoms with Crippen molar-refractivity contribution in [1.82, 2.24) is 10.2 Å². The molecule has 1 amide bonds. The molecule has 0 heterocycles. The predicted molar refractivity (Wildman–Crippen MR) is 89.7 cm³/mol. The molecule has 0 saturated heterocycles. The number of rotatable bonds is 7. The summed E-state index contributed by atoms with van der Waals surface area (Å²) in [6.07, 6.45) is 2.08. The Morgan fingerprint density at radius 2 is 1.90 bits per heavy atom. The Labute approximate surface area is 128 Å². The molecule has 0 fully saturated rings. The van der Waals surface area contributed by atoms with E-state index in [2.05, 4.69) is 31.1 Å². The summed E-state index contributed by atoms with van der Waals surface area (Å²) in [5, 5.41) is 2.98. The molecule has 0 aliphatic carbocycles. The van der Waals surface area contributed by atoms with Crippen LogP contribution in [0.1, 0.15) is 48.2 Å². The number of anilines is 1. The minimum atomic E-state index is -0.0311. The highest BCUT2D eigenvalue weighted by Gasteiger charge is 2.10. The number of amides is 1. The van der Waals surface area contributed by atoms with Gasteiger partial charge < -0.3 is 16.0 Å². The molecule has 0 atom stereocenters. The SMILES string of the molecule is Cc1cc(C)c(C(=O)NCCCCN(C)C(C)C)cc1N. The second-order valence-corrected chi connectivity index (χ2v) is 6.06. The molecule has 0 saturated carbocycles. The number of aryl methyl sites for hydroxylation is 2. The highest BCUT2D eigenvalue weighted by atomic mass is 16.1. The van der Waals surface area contributed by atoms with Crippen LogP contribution in [0.5, 0.6) is 0 Å². The van der Waals surface area contributed by atoms with Crippen LogP contribution in [-0.4, -0.2) is 37.0 Å². The number of nitrogens with one attached hydrogen (secondary N) is 1. The quantitative estimate of drug-likeness (QED) is 0.600. The lowest BCUT2D eigenvalue weighted by atomic mass is 10.0. The van der Waals surface area contributed by atoms with Crippen LogP contribution in [0.3, 0.4) is 0 Å². The van der Waals surface area contributed by atoms with E-state index in [4.69, 9.17) is 5.73 Å². The van der Waals surface area contributed by atoms with Crippen molar-refractivity contribution in [2.45, 2.75) is 46.6 Å². The number of hydrogen-bond acceptors (Lipinski definition) is 3. The third-order valence-electron chi connectivity index (χ3n) is 3.96. The van der Waals surface area contributed by atoms with Crippen LogP contribution in [0, 0.1) is 13.8 Å². The van der Waals surface area contributed by atoms with E-state index in [0.29, 0.717) is 23.8 Å². The van der Waals surface area contributed by atoms with E-state index >= 15 is 0 Å². The highest BCUT2D eigenvalue weighted by Crippen LogP contribution is 2.17. The first kappa shape index (κ1) is 17.5. The molecule has 3 N–H and O–H groups in total. The summed E-state index contributed by atoms with van der Waals surface area (Å²) in [4.78, 5) is 14.5. The molecule has 1 aromatic rings. The Morgan fingerprint density at radius 3 is 2.52 bits per heavy atom. The van der Waals surface area contributed by atoms with Crippen LogP contribution >= 0.6 is 0 Å². The van der Waals surface area contributed by atoms with Gasteiger partial charge in [-0.05, 0) is 71.3 Å². The number of carbonyl (C=O) groups excluding carboxylic acids is 1. The predicted octanol–water partition coefficient (Wildman–Crippen LogP) is 2.74. The smallest absolute Gasteiger partial charge is 0.251 e. The molecular weight excluding hydrogens is 262 g/mol. The number of nitrogens with two attached hydrogens (primary N) is 1. The molecule has 0 aliphatic heterocycles. The molecule has 0 unspecified atom stereocenters. The van der Waals surface area contributed by atoms with Gasteiger partial charge in [-0.25, -0.2) is 0 Å². The van der Waals surface area contributed by atoms with Crippen LogP contribution in [0.4, 0.5) is 5.69 Å². The van der Waals surface area contributed by atoms with E-state index < -0.39 is 0 Å². The Bertz CT molecular complexity index is 483. The molecule has 0 radical (unpaired) electrons. The summed E-state index contributed by atoms with van der Waals surface area (Å²) < 4.78 is 0. The van der Waals surface area contributed by atoms with E-state index in [1.165, 1.54) is 0 Å². The molecule has 1 aromatic carbocycles. The zero-order chi connectivity index (χ0) is 16.0. The second kappa shape index (κ2) is 8.03. The third kappa shape index (κ3) is 5.38. The average molecular weight is 291 g/mol. The zero-order valence-electron chi connectivity index (χ0n) is 14.0. The number of carbonyl (C=O) groups is 1. The largest absolute Gasteiger partial charge is 0.398 e. The fourth-order valence-corrected chi connectivity index (χ4v) is 2.16. The molecule has 0 bridgehead atoms. The van der Waals surface area contributed by atoms with Gasteiger partial charge in [0.2, 0.25) is 0 Å². The van der Waals surface area contributed by atoms with Crippen molar-refractivity contribution in [1.29, 1.82) is 0 Å². The fraction of sp³-hybridized carbons (Fsp3) is 0.588. The van der Waals surface area contributed by atoms with Crippen LogP contribution < -0.4 is 11.1 Å². The van der Waals surface area contributed by atoms with Crippen molar-refractivity contribution in [3.63, 3.8) is 0 Å². The molecular formula is C17H29N3O. The zero-order valence-corrected chi connectivity index (χ0v) is 14.0. The van der Waals surface area contributed by atoms with Crippen LogP contribution in [-0.2, 0) is 0 Å². The van der Waals surface area contributed by atoms with Crippen molar-refractivity contribution < 1.29 is 4.79 Å². The second-order valence-electron chi connectivity index (χ2n) is 6.06. The summed E-state index contributed by atoms with van der Waals surface area (Å²) in [5.41, 5.74) is 9.21. The van der Waals surface area contributed by atoms with Gasteiger partial charge in [0.25, 0.3) is 5.91 Å². The Hall–Kier alpha value is -1.55. The lowest BCUT2D eigenvalue weighted by Gasteiger charge is -2.20. The maximum atomic E-state index is 12.2. The Kier molecular flexibility index (Phi) is 6.69. The molecule has 118 valence electrons. The van der Waals surface area contributed by atoms with E-state index in [1.54, 1.807) is 6.07 Å². The maximum absolute atomic E-state index is 12.2. The number of benzene rings is 1. The first-order chi connectivity index (χ1) is 9.82. The van der Waals surface area contributed by atoms with Gasteiger partial charge in [0.05, 0.1) is 0 Å². The summed E-state index contributed by atoms with van der Waals surface area (Å²) in [5.74, 6) is -0.0311. The third-order valence-corrected chi connectivity index (χ3v) is 3.96. The number of unbranched alkanes of at least 4 members (excludes halogenated alkanes) is 1. The lowest BCUT2D eigenvalue weighted by Crippen LogP contribution is -2.29. The summed E-state index contributed by atoms with van der Waals surface area (Å²) >= 11 is 0. The van der Waals surface area contributed by atoms with Gasteiger partial charge in [-0.3, -0.25) is 4.79 Å². The summed E-state index contributed by atoms with van der Waals surface area (Å²) in [7, 11) is 2.13. The Balaban J connectivity index is 2.40. The number of nitrogens with zero attached hydrogens (tertiary/aromatic N) is 1. The summed E-state index contributed by atoms with van der Waals surface area (Å²) in [6, 6.07) is 4.30. The molecule has 4 heteroatoms. The van der Waals surface area contributed by atoms with Crippen molar-refractivity contribution >= 4 is 11.6 Å². The van der Waals surface area contributed by atoms with Gasteiger partial charge in [-0.2, -0.15) is 0 Å². The average Bonchev–Trinajstić information content (AvgIpc) is 2.41. The summed E-state index contributed by atoms with van der Waals surface area (Å²) in [6.45, 7) is 10.0. The first-order valence-electron chi connectivity index (χ1n) is 7.68. The van der Waals surface area contributed by atoms with E-state index in [9.17, 15) is 4.79 Å². The van der Waals surface area contributed by atoms with E-state index in [-0.39, 0.29) is 5.91 Å². The molecule has 0 aliphatic rings. The molecule has 21 heavy (non-hydrogen) atoms. The lowest BCUT2D eigenvalue weighted by molar-refractivity contribution is 0.0952. The molecule has 4 nitrogen and oxygen atoms in total. The minimum absolute atomic E-state index is 0.0311. The number of nitrogen functional groups attached to an aromatic ring is 1. The number of hydrogen-bond donors (Lipinski definition) is 2. The standard InChI is InChI=1S/C17H29N3O/c1-12(2)20(5)9-7-6-8-19-17(21)15-11-16(18)14(4)10-13(15)3/h10-12H,6-9,18H2,1-5H3,(H,19,21).